The summed E-state index contributed by atoms with van der Waals surface area (Å²) in [6.45, 7) is 0.939. The van der Waals surface area contributed by atoms with Crippen LogP contribution in [-0.2, 0) is 13.0 Å². The van der Waals surface area contributed by atoms with E-state index in [0.29, 0.717) is 11.8 Å². The molecule has 0 unspecified atom stereocenters. The van der Waals surface area contributed by atoms with Gasteiger partial charge in [-0.3, -0.25) is 0 Å². The van der Waals surface area contributed by atoms with Crippen LogP contribution in [0.1, 0.15) is 18.7 Å². The average molecular weight is 257 g/mol. The summed E-state index contributed by atoms with van der Waals surface area (Å²) >= 11 is 4.46. The van der Waals surface area contributed by atoms with Crippen molar-refractivity contribution in [2.24, 2.45) is 5.41 Å². The van der Waals surface area contributed by atoms with Crippen molar-refractivity contribution < 1.29 is 0 Å². The zero-order chi connectivity index (χ0) is 12.6. The van der Waals surface area contributed by atoms with E-state index < -0.39 is 0 Å². The monoisotopic (exact) mass is 257 g/mol. The zero-order valence-corrected chi connectivity index (χ0v) is 11.0. The van der Waals surface area contributed by atoms with Crippen LogP contribution in [0.3, 0.4) is 0 Å². The number of nitriles is 1. The van der Waals surface area contributed by atoms with E-state index in [4.69, 9.17) is 5.26 Å². The molecule has 1 saturated carbocycles. The van der Waals surface area contributed by atoms with Crippen molar-refractivity contribution in [2.75, 3.05) is 5.75 Å². The van der Waals surface area contributed by atoms with Gasteiger partial charge in [0.15, 0.2) is 0 Å². The molecule has 0 atom stereocenters. The number of para-hydroxylation sites is 2. The molecule has 1 aliphatic rings. The van der Waals surface area contributed by atoms with Crippen LogP contribution in [0.15, 0.2) is 24.3 Å². The fraction of sp³-hybridized carbons (Fsp3) is 0.429. The Hall–Kier alpha value is -1.47. The molecule has 0 radical (unpaired) electrons. The minimum Gasteiger partial charge on any atom is -0.327 e. The SMILES string of the molecule is N#CCc1nc2ccccc2n1CC1(CS)CC1. The van der Waals surface area contributed by atoms with Gasteiger partial charge in [-0.05, 0) is 36.1 Å². The Bertz CT molecular complexity index is 619. The molecule has 1 aromatic carbocycles. The number of thiol groups is 1. The van der Waals surface area contributed by atoms with Crippen LogP contribution in [0.2, 0.25) is 0 Å². The lowest BCUT2D eigenvalue weighted by Gasteiger charge is -2.15. The lowest BCUT2D eigenvalue weighted by molar-refractivity contribution is 0.473. The molecule has 1 heterocycles. The fourth-order valence-corrected chi connectivity index (χ4v) is 2.80. The summed E-state index contributed by atoms with van der Waals surface area (Å²) in [5, 5.41) is 8.92. The van der Waals surface area contributed by atoms with Crippen molar-refractivity contribution in [3.8, 4) is 6.07 Å². The smallest absolute Gasteiger partial charge is 0.124 e. The van der Waals surface area contributed by atoms with Crippen molar-refractivity contribution in [3.63, 3.8) is 0 Å². The first kappa shape index (κ1) is 11.6. The normalized spacial score (nSPS) is 16.7. The van der Waals surface area contributed by atoms with E-state index in [9.17, 15) is 0 Å². The molecule has 2 aromatic rings. The molecule has 18 heavy (non-hydrogen) atoms. The fourth-order valence-electron chi connectivity index (χ4n) is 2.39. The minimum atomic E-state index is 0.330. The van der Waals surface area contributed by atoms with Gasteiger partial charge < -0.3 is 4.57 Å². The molecular formula is C14H15N3S. The van der Waals surface area contributed by atoms with Gasteiger partial charge in [0.05, 0.1) is 23.5 Å². The number of rotatable bonds is 4. The number of benzene rings is 1. The quantitative estimate of drug-likeness (QED) is 0.856. The van der Waals surface area contributed by atoms with Crippen LogP contribution in [0.5, 0.6) is 0 Å². The van der Waals surface area contributed by atoms with Crippen LogP contribution < -0.4 is 0 Å². The lowest BCUT2D eigenvalue weighted by atomic mass is 10.1. The van der Waals surface area contributed by atoms with Gasteiger partial charge >= 0.3 is 0 Å². The van der Waals surface area contributed by atoms with Crippen molar-refractivity contribution in [3.05, 3.63) is 30.1 Å². The third-order valence-corrected chi connectivity index (χ3v) is 4.43. The van der Waals surface area contributed by atoms with E-state index >= 15 is 0 Å². The topological polar surface area (TPSA) is 41.6 Å². The lowest BCUT2D eigenvalue weighted by Crippen LogP contribution is -2.15. The third kappa shape index (κ3) is 1.89. The summed E-state index contributed by atoms with van der Waals surface area (Å²) in [4.78, 5) is 4.56. The van der Waals surface area contributed by atoms with Crippen LogP contribution in [0.25, 0.3) is 11.0 Å². The summed E-state index contributed by atoms with van der Waals surface area (Å²) < 4.78 is 2.21. The highest BCUT2D eigenvalue weighted by atomic mass is 32.1. The minimum absolute atomic E-state index is 0.330. The van der Waals surface area contributed by atoms with E-state index in [2.05, 4.69) is 34.3 Å². The zero-order valence-electron chi connectivity index (χ0n) is 10.1. The number of hydrogen-bond acceptors (Lipinski definition) is 3. The maximum absolute atomic E-state index is 8.92. The highest BCUT2D eigenvalue weighted by Crippen LogP contribution is 2.48. The van der Waals surface area contributed by atoms with Crippen molar-refractivity contribution in [1.29, 1.82) is 5.26 Å². The van der Waals surface area contributed by atoms with E-state index in [1.165, 1.54) is 12.8 Å². The maximum Gasteiger partial charge on any atom is 0.124 e. The maximum atomic E-state index is 8.92. The Balaban J connectivity index is 2.07. The molecule has 3 nitrogen and oxygen atoms in total. The van der Waals surface area contributed by atoms with Gasteiger partial charge in [-0.15, -0.1) is 0 Å². The van der Waals surface area contributed by atoms with E-state index in [1.54, 1.807) is 0 Å². The van der Waals surface area contributed by atoms with Crippen LogP contribution >= 0.6 is 12.6 Å². The number of aromatic nitrogens is 2. The van der Waals surface area contributed by atoms with E-state index in [-0.39, 0.29) is 0 Å². The summed E-state index contributed by atoms with van der Waals surface area (Å²) in [7, 11) is 0. The molecule has 3 rings (SSSR count). The summed E-state index contributed by atoms with van der Waals surface area (Å²) in [5.41, 5.74) is 2.45. The number of hydrogen-bond donors (Lipinski definition) is 1. The van der Waals surface area contributed by atoms with Crippen LogP contribution in [0, 0.1) is 16.7 Å². The molecule has 92 valence electrons. The number of nitrogens with zero attached hydrogens (tertiary/aromatic N) is 3. The molecule has 1 fully saturated rings. The highest BCUT2D eigenvalue weighted by Gasteiger charge is 2.42. The second kappa shape index (κ2) is 4.33. The van der Waals surface area contributed by atoms with Crippen molar-refractivity contribution in [2.45, 2.75) is 25.8 Å². The van der Waals surface area contributed by atoms with Gasteiger partial charge in [-0.25, -0.2) is 4.98 Å². The summed E-state index contributed by atoms with van der Waals surface area (Å²) in [6, 6.07) is 10.3. The van der Waals surface area contributed by atoms with Gasteiger partial charge in [-0.2, -0.15) is 17.9 Å². The second-order valence-corrected chi connectivity index (χ2v) is 5.41. The van der Waals surface area contributed by atoms with E-state index in [0.717, 1.165) is 29.2 Å². The molecule has 1 aromatic heterocycles. The molecule has 0 spiro atoms. The molecule has 0 bridgehead atoms. The Kier molecular flexibility index (Phi) is 2.79. The molecule has 0 amide bonds. The van der Waals surface area contributed by atoms with Crippen LogP contribution in [0.4, 0.5) is 0 Å². The highest BCUT2D eigenvalue weighted by molar-refractivity contribution is 7.80. The molecule has 0 N–H and O–H groups in total. The third-order valence-electron chi connectivity index (χ3n) is 3.76. The predicted octanol–water partition coefficient (Wildman–Crippen LogP) is 2.81. The largest absolute Gasteiger partial charge is 0.327 e. The first-order chi connectivity index (χ1) is 8.78. The molecule has 0 saturated heterocycles. The number of imidazole rings is 1. The Morgan fingerprint density at radius 1 is 1.39 bits per heavy atom. The van der Waals surface area contributed by atoms with Gasteiger partial charge in [0.2, 0.25) is 0 Å². The van der Waals surface area contributed by atoms with Gasteiger partial charge in [0.1, 0.15) is 5.82 Å². The molecular weight excluding hydrogens is 242 g/mol. The Morgan fingerprint density at radius 2 is 2.17 bits per heavy atom. The first-order valence-electron chi connectivity index (χ1n) is 6.20. The summed E-state index contributed by atoms with van der Waals surface area (Å²) in [5.74, 6) is 1.79. The second-order valence-electron chi connectivity index (χ2n) is 5.10. The van der Waals surface area contributed by atoms with Gasteiger partial charge in [-0.1, -0.05) is 12.1 Å². The van der Waals surface area contributed by atoms with Crippen molar-refractivity contribution >= 4 is 23.7 Å². The average Bonchev–Trinajstić information content (AvgIpc) is 3.09. The number of fused-ring (bicyclic) bond motifs is 1. The first-order valence-corrected chi connectivity index (χ1v) is 6.83. The Labute approximate surface area is 112 Å². The van der Waals surface area contributed by atoms with Gasteiger partial charge in [0, 0.05) is 6.54 Å². The van der Waals surface area contributed by atoms with E-state index in [1.807, 2.05) is 18.2 Å². The van der Waals surface area contributed by atoms with Gasteiger partial charge in [0.25, 0.3) is 0 Å². The standard InChI is InChI=1S/C14H15N3S/c15-8-5-13-16-11-3-1-2-4-12(11)17(13)9-14(10-18)6-7-14/h1-4,18H,5-7,9-10H2. The molecule has 0 aliphatic heterocycles. The molecule has 4 heteroatoms. The summed E-state index contributed by atoms with van der Waals surface area (Å²) in [6.07, 6.45) is 2.83. The van der Waals surface area contributed by atoms with Crippen molar-refractivity contribution in [1.82, 2.24) is 9.55 Å². The molecule has 1 aliphatic carbocycles. The predicted molar refractivity (Wildman–Crippen MR) is 74.6 cm³/mol. The van der Waals surface area contributed by atoms with Crippen LogP contribution in [-0.4, -0.2) is 15.3 Å². The Morgan fingerprint density at radius 3 is 2.83 bits per heavy atom.